The second-order valence-electron chi connectivity index (χ2n) is 5.34. The summed E-state index contributed by atoms with van der Waals surface area (Å²) in [4.78, 5) is 5.39. The number of nitriles is 1. The van der Waals surface area contributed by atoms with E-state index in [4.69, 9.17) is 4.74 Å². The third-order valence-corrected chi connectivity index (χ3v) is 3.79. The maximum atomic E-state index is 9.53. The molecule has 110 valence electrons. The van der Waals surface area contributed by atoms with E-state index in [1.54, 1.807) is 7.11 Å². The summed E-state index contributed by atoms with van der Waals surface area (Å²) in [5.74, 6) is 0.771. The van der Waals surface area contributed by atoms with Gasteiger partial charge in [0.15, 0.2) is 0 Å². The first kappa shape index (κ1) is 14.0. The smallest absolute Gasteiger partial charge is 0.120 e. The number of benzene rings is 2. The van der Waals surface area contributed by atoms with Crippen LogP contribution in [0.25, 0.3) is 22.2 Å². The van der Waals surface area contributed by atoms with Crippen LogP contribution >= 0.6 is 0 Å². The maximum absolute atomic E-state index is 9.53. The van der Waals surface area contributed by atoms with Crippen LogP contribution < -0.4 is 9.64 Å². The predicted molar refractivity (Wildman–Crippen MR) is 89.3 cm³/mol. The fourth-order valence-corrected chi connectivity index (χ4v) is 2.56. The van der Waals surface area contributed by atoms with Gasteiger partial charge in [0.25, 0.3) is 0 Å². The molecule has 0 saturated carbocycles. The number of anilines is 1. The minimum Gasteiger partial charge on any atom is -0.497 e. The van der Waals surface area contributed by atoms with Gasteiger partial charge < -0.3 is 14.6 Å². The van der Waals surface area contributed by atoms with E-state index in [-0.39, 0.29) is 0 Å². The minimum absolute atomic E-state index is 0.662. The lowest BCUT2D eigenvalue weighted by Crippen LogP contribution is -2.07. The topological polar surface area (TPSA) is 52.0 Å². The van der Waals surface area contributed by atoms with Crippen LogP contribution in [0.4, 0.5) is 5.69 Å². The summed E-state index contributed by atoms with van der Waals surface area (Å²) in [6.45, 7) is 0. The van der Waals surface area contributed by atoms with Gasteiger partial charge in [0.1, 0.15) is 11.8 Å². The van der Waals surface area contributed by atoms with Crippen molar-refractivity contribution in [2.75, 3.05) is 26.1 Å². The summed E-state index contributed by atoms with van der Waals surface area (Å²) in [6, 6.07) is 16.1. The van der Waals surface area contributed by atoms with E-state index in [1.165, 1.54) is 0 Å². The summed E-state index contributed by atoms with van der Waals surface area (Å²) in [5.41, 5.74) is 4.53. The van der Waals surface area contributed by atoms with Crippen molar-refractivity contribution < 1.29 is 4.74 Å². The van der Waals surface area contributed by atoms with E-state index in [2.05, 4.69) is 11.1 Å². The Balaban J connectivity index is 2.15. The zero-order valence-electron chi connectivity index (χ0n) is 12.8. The lowest BCUT2D eigenvalue weighted by molar-refractivity contribution is 0.415. The number of aromatic amines is 1. The Morgan fingerprint density at radius 3 is 2.41 bits per heavy atom. The molecule has 0 aliphatic rings. The molecule has 0 fully saturated rings. The van der Waals surface area contributed by atoms with E-state index >= 15 is 0 Å². The van der Waals surface area contributed by atoms with Crippen molar-refractivity contribution >= 4 is 16.6 Å². The molecule has 0 saturated heterocycles. The van der Waals surface area contributed by atoms with Crippen molar-refractivity contribution in [2.45, 2.75) is 0 Å². The normalized spacial score (nSPS) is 10.5. The van der Waals surface area contributed by atoms with Gasteiger partial charge in [-0.2, -0.15) is 5.26 Å². The molecule has 2 aromatic carbocycles. The number of ether oxygens (including phenoxy) is 1. The molecule has 3 rings (SSSR count). The lowest BCUT2D eigenvalue weighted by Gasteiger charge is -2.12. The quantitative estimate of drug-likeness (QED) is 0.799. The van der Waals surface area contributed by atoms with Crippen molar-refractivity contribution in [1.82, 2.24) is 4.98 Å². The molecule has 0 aliphatic heterocycles. The zero-order chi connectivity index (χ0) is 15.7. The molecule has 0 bridgehead atoms. The average molecular weight is 291 g/mol. The molecule has 0 unspecified atom stereocenters. The van der Waals surface area contributed by atoms with Crippen molar-refractivity contribution in [3.8, 4) is 23.1 Å². The molecule has 1 N–H and O–H groups in total. The van der Waals surface area contributed by atoms with E-state index in [0.29, 0.717) is 5.56 Å². The minimum atomic E-state index is 0.662. The third-order valence-electron chi connectivity index (χ3n) is 3.79. The van der Waals surface area contributed by atoms with Crippen LogP contribution in [-0.4, -0.2) is 26.2 Å². The average Bonchev–Trinajstić information content (AvgIpc) is 2.92. The molecular formula is C18H17N3O. The van der Waals surface area contributed by atoms with Crippen molar-refractivity contribution in [1.29, 1.82) is 5.26 Å². The van der Waals surface area contributed by atoms with Gasteiger partial charge in [-0.25, -0.2) is 0 Å². The largest absolute Gasteiger partial charge is 0.497 e. The van der Waals surface area contributed by atoms with Gasteiger partial charge in [-0.05, 0) is 29.8 Å². The molecular weight excluding hydrogens is 274 g/mol. The Labute approximate surface area is 129 Å². The first-order valence-electron chi connectivity index (χ1n) is 7.01. The van der Waals surface area contributed by atoms with Gasteiger partial charge in [0, 0.05) is 31.2 Å². The van der Waals surface area contributed by atoms with Crippen LogP contribution in [0.1, 0.15) is 5.56 Å². The lowest BCUT2D eigenvalue weighted by atomic mass is 10.1. The van der Waals surface area contributed by atoms with Crippen molar-refractivity contribution in [2.24, 2.45) is 0 Å². The zero-order valence-corrected chi connectivity index (χ0v) is 12.8. The Hall–Kier alpha value is -2.93. The number of hydrogen-bond donors (Lipinski definition) is 1. The third kappa shape index (κ3) is 2.27. The van der Waals surface area contributed by atoms with Gasteiger partial charge in [-0.15, -0.1) is 0 Å². The van der Waals surface area contributed by atoms with Gasteiger partial charge in [0.2, 0.25) is 0 Å². The molecule has 4 nitrogen and oxygen atoms in total. The standard InChI is InChI=1S/C18H17N3O/c1-21(2)13-6-4-12(5-7-13)18-16(11-19)15-9-8-14(22-3)10-17(15)20-18/h4-10,20H,1-3H3. The highest BCUT2D eigenvalue weighted by atomic mass is 16.5. The molecule has 4 heteroatoms. The second kappa shape index (κ2) is 5.45. The van der Waals surface area contributed by atoms with E-state index < -0.39 is 0 Å². The first-order valence-corrected chi connectivity index (χ1v) is 7.01. The van der Waals surface area contributed by atoms with Crippen molar-refractivity contribution in [3.05, 3.63) is 48.0 Å². The molecule has 1 aromatic heterocycles. The second-order valence-corrected chi connectivity index (χ2v) is 5.34. The Morgan fingerprint density at radius 1 is 1.09 bits per heavy atom. The van der Waals surface area contributed by atoms with Crippen LogP contribution in [0, 0.1) is 11.3 Å². The van der Waals surface area contributed by atoms with Gasteiger partial charge in [-0.3, -0.25) is 0 Å². The molecule has 22 heavy (non-hydrogen) atoms. The van der Waals surface area contributed by atoms with Gasteiger partial charge >= 0.3 is 0 Å². The monoisotopic (exact) mass is 291 g/mol. The maximum Gasteiger partial charge on any atom is 0.120 e. The summed E-state index contributed by atoms with van der Waals surface area (Å²) in [6.07, 6.45) is 0. The first-order chi connectivity index (χ1) is 10.6. The van der Waals surface area contributed by atoms with Crippen LogP contribution in [0.15, 0.2) is 42.5 Å². The number of methoxy groups -OCH3 is 1. The molecule has 0 radical (unpaired) electrons. The highest BCUT2D eigenvalue weighted by molar-refractivity contribution is 5.94. The highest BCUT2D eigenvalue weighted by Crippen LogP contribution is 2.32. The van der Waals surface area contributed by atoms with Crippen LogP contribution in [0.3, 0.4) is 0 Å². The Bertz CT molecular complexity index is 854. The highest BCUT2D eigenvalue weighted by Gasteiger charge is 2.13. The number of nitrogens with zero attached hydrogens (tertiary/aromatic N) is 2. The summed E-state index contributed by atoms with van der Waals surface area (Å²) >= 11 is 0. The molecule has 0 spiro atoms. The van der Waals surface area contributed by atoms with E-state index in [9.17, 15) is 5.26 Å². The molecule has 0 aliphatic carbocycles. The summed E-state index contributed by atoms with van der Waals surface area (Å²) in [5, 5.41) is 10.4. The fraction of sp³-hybridized carbons (Fsp3) is 0.167. The van der Waals surface area contributed by atoms with Gasteiger partial charge in [-0.1, -0.05) is 12.1 Å². The number of hydrogen-bond acceptors (Lipinski definition) is 3. The number of fused-ring (bicyclic) bond motifs is 1. The van der Waals surface area contributed by atoms with Gasteiger partial charge in [0.05, 0.1) is 23.9 Å². The summed E-state index contributed by atoms with van der Waals surface area (Å²) in [7, 11) is 5.64. The molecule has 0 atom stereocenters. The fourth-order valence-electron chi connectivity index (χ4n) is 2.56. The molecule has 1 heterocycles. The number of rotatable bonds is 3. The SMILES string of the molecule is COc1ccc2c(C#N)c(-c3ccc(N(C)C)cc3)[nH]c2c1. The summed E-state index contributed by atoms with van der Waals surface area (Å²) < 4.78 is 5.24. The van der Waals surface area contributed by atoms with Crippen molar-refractivity contribution in [3.63, 3.8) is 0 Å². The van der Waals surface area contributed by atoms with Crippen LogP contribution in [0.5, 0.6) is 5.75 Å². The Morgan fingerprint density at radius 2 is 1.82 bits per heavy atom. The van der Waals surface area contributed by atoms with Crippen LogP contribution in [-0.2, 0) is 0 Å². The molecule has 3 aromatic rings. The van der Waals surface area contributed by atoms with E-state index in [0.717, 1.165) is 33.6 Å². The number of H-pyrrole nitrogens is 1. The Kier molecular flexibility index (Phi) is 3.48. The predicted octanol–water partition coefficient (Wildman–Crippen LogP) is 3.78. The van der Waals surface area contributed by atoms with E-state index in [1.807, 2.05) is 61.5 Å². The molecule has 0 amide bonds. The number of nitrogens with one attached hydrogen (secondary N) is 1. The number of aromatic nitrogens is 1. The van der Waals surface area contributed by atoms with Crippen LogP contribution in [0.2, 0.25) is 0 Å².